The molecule has 0 amide bonds. The molecule has 0 aliphatic rings. The minimum atomic E-state index is -0.176. The Hall–Kier alpha value is 0.224. The van der Waals surface area contributed by atoms with Crippen LogP contribution in [0.5, 0.6) is 0 Å². The molecular weight excluding hydrogens is 87.1 g/mol. The predicted molar refractivity (Wildman–Crippen MR) is 26.7 cm³/mol. The molecular formula is C3H3LiOSi. The first kappa shape index (κ1) is 9.52. The maximum Gasteiger partial charge on any atom is 0.132 e. The first-order valence-electron chi connectivity index (χ1n) is 1.15. The molecule has 0 aromatic heterocycles. The van der Waals surface area contributed by atoms with Gasteiger partial charge in [0.1, 0.15) is 15.6 Å². The standard InChI is InChI=1S/C3H3OSi.Li/c1-2-3(4)5;/h2H,1H2;. The summed E-state index contributed by atoms with van der Waals surface area (Å²) in [5.41, 5.74) is 0. The summed E-state index contributed by atoms with van der Waals surface area (Å²) in [6.07, 6.45) is 1.19. The second-order valence-electron chi connectivity index (χ2n) is 0.568. The topological polar surface area (TPSA) is 17.1 Å². The van der Waals surface area contributed by atoms with Crippen LogP contribution in [0.15, 0.2) is 12.7 Å². The third-order valence-corrected chi connectivity index (χ3v) is 0.390. The number of hydrogen-bond donors (Lipinski definition) is 0. The van der Waals surface area contributed by atoms with E-state index < -0.39 is 0 Å². The van der Waals surface area contributed by atoms with E-state index in [0.717, 1.165) is 0 Å². The summed E-state index contributed by atoms with van der Waals surface area (Å²) in [7, 11) is 2.66. The average Bonchev–Trinajstić information content (AvgIpc) is 1.38. The summed E-state index contributed by atoms with van der Waals surface area (Å²) >= 11 is 0. The van der Waals surface area contributed by atoms with Crippen LogP contribution < -0.4 is 0 Å². The molecule has 0 atom stereocenters. The maximum absolute atomic E-state index is 9.61. The molecule has 0 bridgehead atoms. The minimum Gasteiger partial charge on any atom is -0.302 e. The molecule has 0 spiro atoms. The van der Waals surface area contributed by atoms with Crippen LogP contribution in [-0.4, -0.2) is 34.5 Å². The Morgan fingerprint density at radius 2 is 2.00 bits per heavy atom. The van der Waals surface area contributed by atoms with Crippen molar-refractivity contribution >= 4 is 34.5 Å². The van der Waals surface area contributed by atoms with Crippen molar-refractivity contribution < 1.29 is 4.79 Å². The molecule has 0 unspecified atom stereocenters. The molecule has 26 valence electrons. The molecule has 0 saturated heterocycles. The van der Waals surface area contributed by atoms with Gasteiger partial charge >= 0.3 is 0 Å². The van der Waals surface area contributed by atoms with Crippen LogP contribution in [0.25, 0.3) is 0 Å². The fourth-order valence-electron chi connectivity index (χ4n) is 0. The maximum atomic E-state index is 9.61. The summed E-state index contributed by atoms with van der Waals surface area (Å²) in [4.78, 5) is 9.61. The van der Waals surface area contributed by atoms with Crippen molar-refractivity contribution in [2.75, 3.05) is 0 Å². The van der Waals surface area contributed by atoms with Crippen molar-refractivity contribution in [1.82, 2.24) is 0 Å². The van der Waals surface area contributed by atoms with Gasteiger partial charge in [0.25, 0.3) is 0 Å². The van der Waals surface area contributed by atoms with Crippen LogP contribution in [0.4, 0.5) is 0 Å². The molecule has 4 radical (unpaired) electrons. The normalized spacial score (nSPS) is 5.50. The molecule has 0 aromatic carbocycles. The zero-order chi connectivity index (χ0) is 4.28. The van der Waals surface area contributed by atoms with Gasteiger partial charge in [-0.15, -0.1) is 0 Å². The van der Waals surface area contributed by atoms with E-state index in [-0.39, 0.29) is 24.3 Å². The summed E-state index contributed by atoms with van der Waals surface area (Å²) in [5, 5.41) is -0.176. The van der Waals surface area contributed by atoms with Crippen LogP contribution in [0.2, 0.25) is 0 Å². The van der Waals surface area contributed by atoms with E-state index in [4.69, 9.17) is 0 Å². The Morgan fingerprint density at radius 3 is 2.00 bits per heavy atom. The van der Waals surface area contributed by atoms with Crippen LogP contribution >= 0.6 is 0 Å². The monoisotopic (exact) mass is 90.0 g/mol. The molecule has 0 N–H and O–H groups in total. The molecule has 3 heteroatoms. The van der Waals surface area contributed by atoms with Crippen molar-refractivity contribution in [3.05, 3.63) is 12.7 Å². The Balaban J connectivity index is 0. The molecule has 0 rings (SSSR count). The molecule has 0 saturated carbocycles. The molecule has 0 aromatic rings. The molecule has 0 aliphatic carbocycles. The smallest absolute Gasteiger partial charge is 0.132 e. The van der Waals surface area contributed by atoms with Gasteiger partial charge in [-0.3, -0.25) is 0 Å². The zero-order valence-corrected chi connectivity index (χ0v) is 4.69. The van der Waals surface area contributed by atoms with Crippen LogP contribution in [-0.2, 0) is 4.79 Å². The summed E-state index contributed by atoms with van der Waals surface area (Å²) in [6.45, 7) is 3.16. The summed E-state index contributed by atoms with van der Waals surface area (Å²) in [6, 6.07) is 0. The van der Waals surface area contributed by atoms with Gasteiger partial charge in [0, 0.05) is 18.9 Å². The predicted octanol–water partition coefficient (Wildman–Crippen LogP) is -0.513. The van der Waals surface area contributed by atoms with Gasteiger partial charge in [-0.1, -0.05) is 6.58 Å². The van der Waals surface area contributed by atoms with Gasteiger partial charge in [-0.05, 0) is 6.08 Å². The van der Waals surface area contributed by atoms with Crippen LogP contribution in [0.3, 0.4) is 0 Å². The first-order valence-corrected chi connectivity index (χ1v) is 1.65. The number of hydrogen-bond acceptors (Lipinski definition) is 1. The van der Waals surface area contributed by atoms with Gasteiger partial charge in [0.05, 0.1) is 0 Å². The van der Waals surface area contributed by atoms with E-state index in [9.17, 15) is 4.79 Å². The van der Waals surface area contributed by atoms with E-state index in [0.29, 0.717) is 0 Å². The fraction of sp³-hybridized carbons (Fsp3) is 0. The average molecular weight is 90.1 g/mol. The van der Waals surface area contributed by atoms with E-state index in [1.165, 1.54) is 6.08 Å². The van der Waals surface area contributed by atoms with Gasteiger partial charge in [0.15, 0.2) is 0 Å². The van der Waals surface area contributed by atoms with Crippen molar-refractivity contribution in [2.24, 2.45) is 0 Å². The van der Waals surface area contributed by atoms with Crippen molar-refractivity contribution in [2.45, 2.75) is 0 Å². The third-order valence-electron chi connectivity index (χ3n) is 0.185. The molecule has 0 fully saturated rings. The number of carbonyl (C=O) groups is 1. The quantitative estimate of drug-likeness (QED) is 0.313. The zero-order valence-electron chi connectivity index (χ0n) is 3.69. The molecule has 6 heavy (non-hydrogen) atoms. The SMILES string of the molecule is C=CC(=O)[Si].[Li]. The number of rotatable bonds is 1. The van der Waals surface area contributed by atoms with Crippen molar-refractivity contribution in [3.8, 4) is 0 Å². The van der Waals surface area contributed by atoms with Crippen LogP contribution in [0, 0.1) is 0 Å². The summed E-state index contributed by atoms with van der Waals surface area (Å²) in [5.74, 6) is 0. The van der Waals surface area contributed by atoms with Crippen molar-refractivity contribution in [3.63, 3.8) is 0 Å². The molecule has 0 aliphatic heterocycles. The Labute approximate surface area is 52.4 Å². The van der Waals surface area contributed by atoms with Crippen LogP contribution in [0.1, 0.15) is 0 Å². The van der Waals surface area contributed by atoms with E-state index in [2.05, 4.69) is 16.8 Å². The molecule has 0 heterocycles. The van der Waals surface area contributed by atoms with Gasteiger partial charge < -0.3 is 4.79 Å². The van der Waals surface area contributed by atoms with Gasteiger partial charge in [0.2, 0.25) is 0 Å². The fourth-order valence-corrected chi connectivity index (χ4v) is 0. The molecule has 1 nitrogen and oxygen atoms in total. The summed E-state index contributed by atoms with van der Waals surface area (Å²) < 4.78 is 0. The first-order chi connectivity index (χ1) is 2.27. The van der Waals surface area contributed by atoms with E-state index >= 15 is 0 Å². The van der Waals surface area contributed by atoms with Gasteiger partial charge in [-0.25, -0.2) is 0 Å². The van der Waals surface area contributed by atoms with Gasteiger partial charge in [-0.2, -0.15) is 0 Å². The Morgan fingerprint density at radius 1 is 1.83 bits per heavy atom. The van der Waals surface area contributed by atoms with Crippen molar-refractivity contribution in [1.29, 1.82) is 0 Å². The number of allylic oxidation sites excluding steroid dienone is 1. The number of carbonyl (C=O) groups excluding carboxylic acids is 1. The Kier molecular flexibility index (Phi) is 8.29. The second-order valence-corrected chi connectivity index (χ2v) is 1.06. The third kappa shape index (κ3) is 8.88. The van der Waals surface area contributed by atoms with E-state index in [1.54, 1.807) is 0 Å². The Bertz CT molecular complexity index is 61.8. The minimum absolute atomic E-state index is 0. The largest absolute Gasteiger partial charge is 0.302 e. The van der Waals surface area contributed by atoms with E-state index in [1.807, 2.05) is 0 Å². The second kappa shape index (κ2) is 5.22.